The molecule has 0 aliphatic carbocycles. The molecule has 0 fully saturated rings. The first-order chi connectivity index (χ1) is 13.6. The van der Waals surface area contributed by atoms with Gasteiger partial charge in [-0.2, -0.15) is 10.1 Å². The topological polar surface area (TPSA) is 98.1 Å². The minimum atomic E-state index is -0.227. The smallest absolute Gasteiger partial charge is 0.262 e. The Hall–Kier alpha value is -3.68. The molecule has 0 spiro atoms. The van der Waals surface area contributed by atoms with Gasteiger partial charge in [0.25, 0.3) is 5.91 Å². The second-order valence-corrected chi connectivity index (χ2v) is 6.52. The summed E-state index contributed by atoms with van der Waals surface area (Å²) in [5.41, 5.74) is 2.67. The number of nitrogens with zero attached hydrogens (tertiary/aromatic N) is 3. The lowest BCUT2D eigenvalue weighted by atomic mass is 10.0. The van der Waals surface area contributed by atoms with E-state index >= 15 is 0 Å². The van der Waals surface area contributed by atoms with Crippen LogP contribution in [0.4, 0.5) is 11.6 Å². The Bertz CT molecular complexity index is 1010. The molecule has 1 aliphatic rings. The molecule has 8 nitrogen and oxygen atoms in total. The van der Waals surface area contributed by atoms with Crippen LogP contribution in [0.3, 0.4) is 0 Å². The van der Waals surface area contributed by atoms with Gasteiger partial charge in [-0.05, 0) is 36.2 Å². The molecule has 2 N–H and O–H groups in total. The Kier molecular flexibility index (Phi) is 4.76. The van der Waals surface area contributed by atoms with Crippen molar-refractivity contribution in [3.05, 3.63) is 66.0 Å². The Labute approximate surface area is 161 Å². The van der Waals surface area contributed by atoms with Crippen molar-refractivity contribution in [2.75, 3.05) is 17.2 Å². The molecule has 2 aromatic carbocycles. The van der Waals surface area contributed by atoms with Crippen LogP contribution < -0.4 is 15.4 Å². The van der Waals surface area contributed by atoms with Crippen molar-refractivity contribution in [1.29, 1.82) is 0 Å². The molecule has 0 saturated heterocycles. The second-order valence-electron chi connectivity index (χ2n) is 6.52. The van der Waals surface area contributed by atoms with Crippen molar-refractivity contribution in [2.24, 2.45) is 0 Å². The Morgan fingerprint density at radius 2 is 2.04 bits per heavy atom. The first kappa shape index (κ1) is 17.7. The maximum absolute atomic E-state index is 12.1. The molecule has 0 radical (unpaired) electrons. The number of anilines is 2. The molecule has 0 unspecified atom stereocenters. The average Bonchev–Trinajstić information content (AvgIpc) is 3.16. The van der Waals surface area contributed by atoms with Crippen molar-refractivity contribution < 1.29 is 14.3 Å². The molecule has 1 aromatic heterocycles. The second kappa shape index (κ2) is 7.51. The monoisotopic (exact) mass is 377 g/mol. The maximum Gasteiger partial charge on any atom is 0.262 e. The predicted octanol–water partition coefficient (Wildman–Crippen LogP) is 2.54. The summed E-state index contributed by atoms with van der Waals surface area (Å²) in [4.78, 5) is 28.0. The molecule has 8 heteroatoms. The number of hydrogen-bond acceptors (Lipinski definition) is 5. The number of ether oxygens (including phenoxy) is 1. The lowest BCUT2D eigenvalue weighted by Crippen LogP contribution is -2.29. The highest BCUT2D eigenvalue weighted by molar-refractivity contribution is 5.92. The zero-order valence-corrected chi connectivity index (χ0v) is 15.3. The summed E-state index contributed by atoms with van der Waals surface area (Å²) >= 11 is 0. The van der Waals surface area contributed by atoms with Gasteiger partial charge in [0.1, 0.15) is 12.1 Å². The number of aryl methyl sites for hydroxylation is 1. The highest BCUT2D eigenvalue weighted by Gasteiger charge is 2.27. The van der Waals surface area contributed by atoms with E-state index in [-0.39, 0.29) is 30.9 Å². The van der Waals surface area contributed by atoms with Crippen molar-refractivity contribution in [3.8, 4) is 5.75 Å². The zero-order valence-electron chi connectivity index (χ0n) is 15.3. The van der Waals surface area contributed by atoms with E-state index in [0.29, 0.717) is 11.7 Å². The van der Waals surface area contributed by atoms with Crippen LogP contribution >= 0.6 is 0 Å². The van der Waals surface area contributed by atoms with Gasteiger partial charge < -0.3 is 10.1 Å². The molecule has 1 aliphatic heterocycles. The highest BCUT2D eigenvalue weighted by Crippen LogP contribution is 2.29. The number of carbonyl (C=O) groups excluding carboxylic acids is 2. The van der Waals surface area contributed by atoms with E-state index in [1.807, 2.05) is 43.3 Å². The summed E-state index contributed by atoms with van der Waals surface area (Å²) in [6, 6.07) is 14.6. The van der Waals surface area contributed by atoms with Crippen LogP contribution in [-0.2, 0) is 9.59 Å². The van der Waals surface area contributed by atoms with E-state index in [4.69, 9.17) is 4.74 Å². The number of para-hydroxylation sites is 1. The molecule has 28 heavy (non-hydrogen) atoms. The van der Waals surface area contributed by atoms with Crippen LogP contribution in [0.5, 0.6) is 5.75 Å². The molecule has 142 valence electrons. The summed E-state index contributed by atoms with van der Waals surface area (Å²) in [6.45, 7) is 1.84. The number of rotatable bonds is 5. The number of benzene rings is 2. The van der Waals surface area contributed by atoms with E-state index in [1.165, 1.54) is 6.33 Å². The maximum atomic E-state index is 12.1. The summed E-state index contributed by atoms with van der Waals surface area (Å²) in [5.74, 6) is 0.686. The van der Waals surface area contributed by atoms with E-state index in [2.05, 4.69) is 20.7 Å². The first-order valence-electron chi connectivity index (χ1n) is 8.88. The number of aromatic nitrogens is 3. The molecule has 1 atom stereocenters. The Morgan fingerprint density at radius 3 is 2.82 bits per heavy atom. The highest BCUT2D eigenvalue weighted by atomic mass is 16.5. The summed E-state index contributed by atoms with van der Waals surface area (Å²) < 4.78 is 7.26. The number of hydrogen-bond donors (Lipinski definition) is 2. The van der Waals surface area contributed by atoms with Crippen molar-refractivity contribution in [2.45, 2.75) is 19.4 Å². The molecule has 0 saturated carbocycles. The van der Waals surface area contributed by atoms with Gasteiger partial charge in [-0.15, -0.1) is 0 Å². The third-order valence-electron chi connectivity index (χ3n) is 4.55. The number of nitrogens with one attached hydrogen (secondary N) is 2. The Morgan fingerprint density at radius 1 is 1.25 bits per heavy atom. The largest absolute Gasteiger partial charge is 0.484 e. The Balaban J connectivity index is 1.39. The fraction of sp³-hybridized carbons (Fsp3) is 0.200. The van der Waals surface area contributed by atoms with Crippen LogP contribution in [0.15, 0.2) is 54.9 Å². The van der Waals surface area contributed by atoms with Gasteiger partial charge in [0.15, 0.2) is 6.61 Å². The van der Waals surface area contributed by atoms with Gasteiger partial charge in [0.05, 0.1) is 12.5 Å². The van der Waals surface area contributed by atoms with Crippen molar-refractivity contribution in [3.63, 3.8) is 0 Å². The van der Waals surface area contributed by atoms with Gasteiger partial charge in [0.2, 0.25) is 11.9 Å². The number of amides is 2. The number of carbonyl (C=O) groups is 2. The number of fused-ring (bicyclic) bond motifs is 1. The van der Waals surface area contributed by atoms with Crippen LogP contribution in [0.2, 0.25) is 0 Å². The summed E-state index contributed by atoms with van der Waals surface area (Å²) in [7, 11) is 0. The first-order valence-corrected chi connectivity index (χ1v) is 8.88. The van der Waals surface area contributed by atoms with Gasteiger partial charge in [-0.3, -0.25) is 14.9 Å². The molecular weight excluding hydrogens is 358 g/mol. The van der Waals surface area contributed by atoms with E-state index in [9.17, 15) is 9.59 Å². The van der Waals surface area contributed by atoms with E-state index in [1.54, 1.807) is 16.8 Å². The fourth-order valence-corrected chi connectivity index (χ4v) is 3.10. The zero-order chi connectivity index (χ0) is 19.5. The quantitative estimate of drug-likeness (QED) is 0.712. The van der Waals surface area contributed by atoms with Gasteiger partial charge in [0, 0.05) is 5.69 Å². The molecule has 3 aromatic rings. The molecule has 4 rings (SSSR count). The SMILES string of the molecule is Cc1ccccc1NC(=O)COc1ccc([C@@H]2CC(=O)Nc3ncnn32)cc1. The van der Waals surface area contributed by atoms with E-state index < -0.39 is 0 Å². The van der Waals surface area contributed by atoms with Gasteiger partial charge in [-0.25, -0.2) is 4.68 Å². The molecule has 0 bridgehead atoms. The minimum Gasteiger partial charge on any atom is -0.484 e. The standard InChI is InChI=1S/C20H19N5O3/c1-13-4-2-3-5-16(13)23-19(27)11-28-15-8-6-14(7-9-15)17-10-18(26)24-20-21-12-22-25(17)20/h2-9,12,17H,10-11H2,1H3,(H,23,27)(H,21,22,24,26)/t17-/m0/s1. The van der Waals surface area contributed by atoms with Crippen LogP contribution in [0, 0.1) is 6.92 Å². The average molecular weight is 377 g/mol. The van der Waals surface area contributed by atoms with E-state index in [0.717, 1.165) is 16.8 Å². The normalized spacial score (nSPS) is 15.5. The molecule has 2 amide bonds. The lowest BCUT2D eigenvalue weighted by molar-refractivity contribution is -0.118. The summed E-state index contributed by atoms with van der Waals surface area (Å²) in [6.07, 6.45) is 1.70. The lowest BCUT2D eigenvalue weighted by Gasteiger charge is -2.23. The third kappa shape index (κ3) is 3.71. The van der Waals surface area contributed by atoms with Crippen LogP contribution in [0.1, 0.15) is 23.6 Å². The predicted molar refractivity (Wildman–Crippen MR) is 103 cm³/mol. The third-order valence-corrected chi connectivity index (χ3v) is 4.55. The minimum absolute atomic E-state index is 0.0905. The molecule has 2 heterocycles. The van der Waals surface area contributed by atoms with Crippen molar-refractivity contribution in [1.82, 2.24) is 14.8 Å². The fourth-order valence-electron chi connectivity index (χ4n) is 3.10. The van der Waals surface area contributed by atoms with Crippen molar-refractivity contribution >= 4 is 23.5 Å². The van der Waals surface area contributed by atoms with Crippen LogP contribution in [-0.4, -0.2) is 33.2 Å². The van der Waals surface area contributed by atoms with Gasteiger partial charge >= 0.3 is 0 Å². The van der Waals surface area contributed by atoms with Crippen LogP contribution in [0.25, 0.3) is 0 Å². The summed E-state index contributed by atoms with van der Waals surface area (Å²) in [5, 5.41) is 9.70. The molecular formula is C20H19N5O3. The van der Waals surface area contributed by atoms with Gasteiger partial charge in [-0.1, -0.05) is 30.3 Å².